The van der Waals surface area contributed by atoms with Gasteiger partial charge in [0, 0.05) is 24.7 Å². The van der Waals surface area contributed by atoms with Crippen molar-refractivity contribution in [2.45, 2.75) is 6.92 Å². The number of anilines is 2. The average Bonchev–Trinajstić information content (AvgIpc) is 3.01. The first-order chi connectivity index (χ1) is 11.6. The SMILES string of the molecule is COCCNC(=O)CNC(=O)c1csc(Nc2cccc(C)c2)n1. The van der Waals surface area contributed by atoms with Crippen molar-refractivity contribution in [3.05, 3.63) is 40.9 Å². The summed E-state index contributed by atoms with van der Waals surface area (Å²) in [5, 5.41) is 10.6. The lowest BCUT2D eigenvalue weighted by molar-refractivity contribution is -0.120. The molecule has 128 valence electrons. The largest absolute Gasteiger partial charge is 0.383 e. The van der Waals surface area contributed by atoms with Gasteiger partial charge >= 0.3 is 0 Å². The maximum Gasteiger partial charge on any atom is 0.271 e. The fourth-order valence-corrected chi connectivity index (χ4v) is 2.60. The van der Waals surface area contributed by atoms with Crippen LogP contribution < -0.4 is 16.0 Å². The lowest BCUT2D eigenvalue weighted by Crippen LogP contribution is -2.38. The standard InChI is InChI=1S/C16H20N4O3S/c1-11-4-3-5-12(8-11)19-16-20-13(10-24-16)15(22)18-9-14(21)17-6-7-23-2/h3-5,8,10H,6-7,9H2,1-2H3,(H,17,21)(H,18,22)(H,19,20). The highest BCUT2D eigenvalue weighted by molar-refractivity contribution is 7.14. The summed E-state index contributed by atoms with van der Waals surface area (Å²) >= 11 is 1.33. The quantitative estimate of drug-likeness (QED) is 0.631. The number of thiazole rings is 1. The number of ether oxygens (including phenoxy) is 1. The number of carbonyl (C=O) groups excluding carboxylic acids is 2. The summed E-state index contributed by atoms with van der Waals surface area (Å²) in [6.45, 7) is 2.75. The Morgan fingerprint density at radius 1 is 1.29 bits per heavy atom. The number of aryl methyl sites for hydroxylation is 1. The third-order valence-electron chi connectivity index (χ3n) is 3.04. The summed E-state index contributed by atoms with van der Waals surface area (Å²) in [5.74, 6) is -0.654. The summed E-state index contributed by atoms with van der Waals surface area (Å²) in [4.78, 5) is 27.8. The number of amides is 2. The Morgan fingerprint density at radius 3 is 2.88 bits per heavy atom. The molecule has 0 unspecified atom stereocenters. The van der Waals surface area contributed by atoms with Crippen LogP contribution in [-0.2, 0) is 9.53 Å². The van der Waals surface area contributed by atoms with Crippen LogP contribution in [-0.4, -0.2) is 43.6 Å². The number of methoxy groups -OCH3 is 1. The molecule has 0 saturated heterocycles. The molecule has 0 aliphatic rings. The molecule has 1 heterocycles. The molecule has 0 bridgehead atoms. The zero-order valence-electron chi connectivity index (χ0n) is 13.6. The van der Waals surface area contributed by atoms with Crippen molar-refractivity contribution < 1.29 is 14.3 Å². The first-order valence-corrected chi connectivity index (χ1v) is 8.29. The van der Waals surface area contributed by atoms with Crippen LogP contribution in [0.5, 0.6) is 0 Å². The Bertz CT molecular complexity index is 702. The van der Waals surface area contributed by atoms with Crippen LogP contribution in [0.4, 0.5) is 10.8 Å². The smallest absolute Gasteiger partial charge is 0.271 e. The van der Waals surface area contributed by atoms with Crippen molar-refractivity contribution in [2.24, 2.45) is 0 Å². The van der Waals surface area contributed by atoms with E-state index >= 15 is 0 Å². The van der Waals surface area contributed by atoms with Crippen LogP contribution >= 0.6 is 11.3 Å². The number of nitrogens with one attached hydrogen (secondary N) is 3. The Morgan fingerprint density at radius 2 is 2.12 bits per heavy atom. The van der Waals surface area contributed by atoms with E-state index in [0.29, 0.717) is 18.3 Å². The predicted octanol–water partition coefficient (Wildman–Crippen LogP) is 1.69. The van der Waals surface area contributed by atoms with Crippen molar-refractivity contribution in [2.75, 3.05) is 32.1 Å². The van der Waals surface area contributed by atoms with Gasteiger partial charge in [-0.3, -0.25) is 9.59 Å². The van der Waals surface area contributed by atoms with E-state index in [4.69, 9.17) is 4.74 Å². The van der Waals surface area contributed by atoms with Gasteiger partial charge in [0.25, 0.3) is 5.91 Å². The first kappa shape index (κ1) is 17.9. The monoisotopic (exact) mass is 348 g/mol. The molecule has 24 heavy (non-hydrogen) atoms. The van der Waals surface area contributed by atoms with E-state index in [1.807, 2.05) is 31.2 Å². The molecule has 0 saturated carbocycles. The number of carbonyl (C=O) groups is 2. The zero-order valence-corrected chi connectivity index (χ0v) is 14.4. The van der Waals surface area contributed by atoms with Gasteiger partial charge in [-0.1, -0.05) is 12.1 Å². The second-order valence-electron chi connectivity index (χ2n) is 5.06. The Kier molecular flexibility index (Phi) is 6.71. The number of hydrogen-bond acceptors (Lipinski definition) is 6. The summed E-state index contributed by atoms with van der Waals surface area (Å²) in [6.07, 6.45) is 0. The molecule has 7 nitrogen and oxygen atoms in total. The normalized spacial score (nSPS) is 10.2. The molecule has 2 aromatic rings. The second-order valence-corrected chi connectivity index (χ2v) is 5.92. The van der Waals surface area contributed by atoms with E-state index in [9.17, 15) is 9.59 Å². The fraction of sp³-hybridized carbons (Fsp3) is 0.312. The number of benzene rings is 1. The molecule has 1 aromatic heterocycles. The molecule has 1 aromatic carbocycles. The molecule has 8 heteroatoms. The van der Waals surface area contributed by atoms with Crippen molar-refractivity contribution in [1.82, 2.24) is 15.6 Å². The van der Waals surface area contributed by atoms with Crippen LogP contribution in [0, 0.1) is 6.92 Å². The molecule has 0 atom stereocenters. The Balaban J connectivity index is 1.83. The maximum absolute atomic E-state index is 12.0. The molecule has 0 radical (unpaired) electrons. The predicted molar refractivity (Wildman–Crippen MR) is 93.8 cm³/mol. The van der Waals surface area contributed by atoms with Gasteiger partial charge in [0.05, 0.1) is 13.2 Å². The van der Waals surface area contributed by atoms with E-state index in [-0.39, 0.29) is 24.1 Å². The van der Waals surface area contributed by atoms with Gasteiger partial charge in [-0.15, -0.1) is 11.3 Å². The van der Waals surface area contributed by atoms with Gasteiger partial charge in [-0.25, -0.2) is 4.98 Å². The molecule has 2 rings (SSSR count). The highest BCUT2D eigenvalue weighted by Gasteiger charge is 2.12. The number of hydrogen-bond donors (Lipinski definition) is 3. The minimum atomic E-state index is -0.384. The summed E-state index contributed by atoms with van der Waals surface area (Å²) in [7, 11) is 1.55. The lowest BCUT2D eigenvalue weighted by Gasteiger charge is -2.05. The van der Waals surface area contributed by atoms with Crippen molar-refractivity contribution in [3.63, 3.8) is 0 Å². The molecule has 3 N–H and O–H groups in total. The van der Waals surface area contributed by atoms with Crippen molar-refractivity contribution >= 4 is 34.0 Å². The summed E-state index contributed by atoms with van der Waals surface area (Å²) in [6, 6.07) is 7.87. The maximum atomic E-state index is 12.0. The van der Waals surface area contributed by atoms with Gasteiger partial charge in [-0.2, -0.15) is 0 Å². The van der Waals surface area contributed by atoms with Gasteiger partial charge < -0.3 is 20.7 Å². The minimum Gasteiger partial charge on any atom is -0.383 e. The van der Waals surface area contributed by atoms with E-state index in [1.54, 1.807) is 12.5 Å². The van der Waals surface area contributed by atoms with E-state index in [1.165, 1.54) is 11.3 Å². The van der Waals surface area contributed by atoms with Crippen molar-refractivity contribution in [1.29, 1.82) is 0 Å². The van der Waals surface area contributed by atoms with E-state index < -0.39 is 0 Å². The highest BCUT2D eigenvalue weighted by Crippen LogP contribution is 2.21. The zero-order chi connectivity index (χ0) is 17.4. The third-order valence-corrected chi connectivity index (χ3v) is 3.80. The summed E-state index contributed by atoms with van der Waals surface area (Å²) < 4.78 is 4.83. The Hall–Kier alpha value is -2.45. The third kappa shape index (κ3) is 5.64. The van der Waals surface area contributed by atoms with Crippen LogP contribution in [0.1, 0.15) is 16.1 Å². The molecule has 0 fully saturated rings. The highest BCUT2D eigenvalue weighted by atomic mass is 32.1. The Labute approximate surface area is 144 Å². The number of nitrogens with zero attached hydrogens (tertiary/aromatic N) is 1. The number of aromatic nitrogens is 1. The van der Waals surface area contributed by atoms with E-state index in [0.717, 1.165) is 11.3 Å². The van der Waals surface area contributed by atoms with Gasteiger partial charge in [-0.05, 0) is 24.6 Å². The van der Waals surface area contributed by atoms with Crippen LogP contribution in [0.3, 0.4) is 0 Å². The van der Waals surface area contributed by atoms with Gasteiger partial charge in [0.15, 0.2) is 5.13 Å². The van der Waals surface area contributed by atoms with Gasteiger partial charge in [0.2, 0.25) is 5.91 Å². The van der Waals surface area contributed by atoms with Gasteiger partial charge in [0.1, 0.15) is 5.69 Å². The number of rotatable bonds is 8. The topological polar surface area (TPSA) is 92.4 Å². The molecule has 0 aliphatic heterocycles. The molecule has 0 aliphatic carbocycles. The van der Waals surface area contributed by atoms with Crippen LogP contribution in [0.2, 0.25) is 0 Å². The average molecular weight is 348 g/mol. The van der Waals surface area contributed by atoms with Crippen molar-refractivity contribution in [3.8, 4) is 0 Å². The molecular formula is C16H20N4O3S. The lowest BCUT2D eigenvalue weighted by atomic mass is 10.2. The molecule has 2 amide bonds. The van der Waals surface area contributed by atoms with E-state index in [2.05, 4.69) is 20.9 Å². The molecular weight excluding hydrogens is 328 g/mol. The van der Waals surface area contributed by atoms with Crippen LogP contribution in [0.15, 0.2) is 29.6 Å². The minimum absolute atomic E-state index is 0.0965. The second kappa shape index (κ2) is 8.99. The first-order valence-electron chi connectivity index (χ1n) is 7.41. The summed E-state index contributed by atoms with van der Waals surface area (Å²) in [5.41, 5.74) is 2.32. The van der Waals surface area contributed by atoms with Crippen LogP contribution in [0.25, 0.3) is 0 Å². The molecule has 0 spiro atoms. The fourth-order valence-electron chi connectivity index (χ4n) is 1.89.